The Bertz CT molecular complexity index is 1380. The van der Waals surface area contributed by atoms with Crippen LogP contribution < -0.4 is 32.3 Å². The van der Waals surface area contributed by atoms with E-state index in [-0.39, 0.29) is 24.5 Å². The molecule has 5 amide bonds. The summed E-state index contributed by atoms with van der Waals surface area (Å²) in [6.07, 6.45) is -0.970. The maximum Gasteiger partial charge on any atom is 0.326 e. The van der Waals surface area contributed by atoms with E-state index in [4.69, 9.17) is 15.9 Å². The fourth-order valence-corrected chi connectivity index (χ4v) is 4.37. The maximum atomic E-state index is 13.5. The van der Waals surface area contributed by atoms with Gasteiger partial charge in [0, 0.05) is 31.2 Å². The summed E-state index contributed by atoms with van der Waals surface area (Å²) < 4.78 is 0. The van der Waals surface area contributed by atoms with Gasteiger partial charge in [0.25, 0.3) is 0 Å². The standard InChI is InChI=1S/C29H44N8O13/c1-13(2)8-20(29(49)50)37-26(46)17(5-7-22(40)41)34-28(48)19(10-23(42)43)36-27(47)18(9-15-11-31-12-32-15)35-25(45)16(4-6-21(38)39)33-24(44)14(3)30/h11-14,16-20H,4-10,30H2,1-3H3,(H,31,32)(H,33,44)(H,34,48)(H,35,45)(H,36,47)(H,37,46)(H,38,39)(H,40,41)(H,42,43)(H,49,50)/t14-,16-,17-,18-,19-,20-/m0/s1. The van der Waals surface area contributed by atoms with Crippen molar-refractivity contribution in [2.24, 2.45) is 11.7 Å². The van der Waals surface area contributed by atoms with Gasteiger partial charge in [-0.15, -0.1) is 0 Å². The Labute approximate surface area is 285 Å². The topological polar surface area (TPSA) is 349 Å². The smallest absolute Gasteiger partial charge is 0.326 e. The van der Waals surface area contributed by atoms with E-state index in [2.05, 4.69) is 36.6 Å². The molecule has 1 rings (SSSR count). The summed E-state index contributed by atoms with van der Waals surface area (Å²) in [6, 6.07) is -9.10. The average Bonchev–Trinajstić information content (AvgIpc) is 3.52. The number of aromatic nitrogens is 2. The number of H-pyrrole nitrogens is 1. The molecule has 0 saturated carbocycles. The monoisotopic (exact) mass is 712 g/mol. The van der Waals surface area contributed by atoms with Gasteiger partial charge in [-0.2, -0.15) is 0 Å². The van der Waals surface area contributed by atoms with E-state index in [0.29, 0.717) is 0 Å². The van der Waals surface area contributed by atoms with Crippen LogP contribution in [0, 0.1) is 5.92 Å². The lowest BCUT2D eigenvalue weighted by atomic mass is 10.0. The summed E-state index contributed by atoms with van der Waals surface area (Å²) in [5.74, 6) is -11.1. The number of carbonyl (C=O) groups is 9. The predicted molar refractivity (Wildman–Crippen MR) is 169 cm³/mol. The first kappa shape index (κ1) is 42.4. The van der Waals surface area contributed by atoms with E-state index in [0.717, 1.165) is 0 Å². The zero-order chi connectivity index (χ0) is 38.1. The van der Waals surface area contributed by atoms with Crippen molar-refractivity contribution in [2.45, 2.75) is 102 Å². The summed E-state index contributed by atoms with van der Waals surface area (Å²) in [7, 11) is 0. The molecule has 0 saturated heterocycles. The summed E-state index contributed by atoms with van der Waals surface area (Å²) in [4.78, 5) is 118. The molecule has 0 aliphatic carbocycles. The summed E-state index contributed by atoms with van der Waals surface area (Å²) in [5.41, 5.74) is 5.83. The first-order chi connectivity index (χ1) is 23.3. The molecule has 0 spiro atoms. The second-order valence-corrected chi connectivity index (χ2v) is 11.8. The average molecular weight is 713 g/mol. The van der Waals surface area contributed by atoms with Crippen LogP contribution in [0.1, 0.15) is 65.0 Å². The molecular formula is C29H44N8O13. The quantitative estimate of drug-likeness (QED) is 0.0540. The van der Waals surface area contributed by atoms with Gasteiger partial charge in [-0.05, 0) is 32.1 Å². The summed E-state index contributed by atoms with van der Waals surface area (Å²) in [5, 5.41) is 48.5. The highest BCUT2D eigenvalue weighted by Crippen LogP contribution is 2.09. The van der Waals surface area contributed by atoms with Crippen molar-refractivity contribution < 1.29 is 63.6 Å². The van der Waals surface area contributed by atoms with Gasteiger partial charge in [-0.25, -0.2) is 9.78 Å². The van der Waals surface area contributed by atoms with Gasteiger partial charge in [0.15, 0.2) is 0 Å². The number of imidazole rings is 1. The Morgan fingerprint density at radius 1 is 0.660 bits per heavy atom. The molecular weight excluding hydrogens is 668 g/mol. The molecule has 21 heteroatoms. The minimum absolute atomic E-state index is 0.00605. The molecule has 0 aliphatic heterocycles. The van der Waals surface area contributed by atoms with Gasteiger partial charge >= 0.3 is 23.9 Å². The number of hydrogen-bond acceptors (Lipinski definition) is 11. The Kier molecular flexibility index (Phi) is 17.6. The molecule has 1 aromatic rings. The van der Waals surface area contributed by atoms with Crippen molar-refractivity contribution >= 4 is 53.4 Å². The lowest BCUT2D eigenvalue weighted by Crippen LogP contribution is -2.60. The number of rotatable bonds is 23. The molecule has 50 heavy (non-hydrogen) atoms. The van der Waals surface area contributed by atoms with Crippen molar-refractivity contribution in [3.63, 3.8) is 0 Å². The van der Waals surface area contributed by atoms with Crippen molar-refractivity contribution in [2.75, 3.05) is 0 Å². The van der Waals surface area contributed by atoms with Gasteiger partial charge in [0.1, 0.15) is 30.2 Å². The minimum Gasteiger partial charge on any atom is -0.481 e. The van der Waals surface area contributed by atoms with Crippen molar-refractivity contribution in [3.05, 3.63) is 18.2 Å². The number of carboxylic acids is 4. The predicted octanol–water partition coefficient (Wildman–Crippen LogP) is -2.94. The molecule has 0 aliphatic rings. The molecule has 1 heterocycles. The van der Waals surface area contributed by atoms with Gasteiger partial charge in [-0.1, -0.05) is 13.8 Å². The molecule has 0 bridgehead atoms. The van der Waals surface area contributed by atoms with Crippen LogP contribution in [0.4, 0.5) is 0 Å². The lowest BCUT2D eigenvalue weighted by Gasteiger charge is -2.26. The van der Waals surface area contributed by atoms with Crippen LogP contribution in [0.25, 0.3) is 0 Å². The SMILES string of the molecule is CC(C)C[C@H](NC(=O)[C@H](CCC(=O)O)NC(=O)[C@H](CC(=O)O)NC(=O)[C@H](Cc1cnc[nH]1)NC(=O)[C@H](CCC(=O)O)NC(=O)[C@H](C)N)C(=O)O. The Morgan fingerprint density at radius 2 is 1.10 bits per heavy atom. The van der Waals surface area contributed by atoms with Crippen LogP contribution in [0.2, 0.25) is 0 Å². The number of hydrogen-bond donors (Lipinski definition) is 11. The Balaban J connectivity index is 3.34. The minimum atomic E-state index is -1.91. The zero-order valence-electron chi connectivity index (χ0n) is 27.6. The van der Waals surface area contributed by atoms with Crippen molar-refractivity contribution in [1.82, 2.24) is 36.6 Å². The highest BCUT2D eigenvalue weighted by Gasteiger charge is 2.34. The number of aromatic amines is 1. The van der Waals surface area contributed by atoms with Gasteiger partial charge in [0.2, 0.25) is 29.5 Å². The second-order valence-electron chi connectivity index (χ2n) is 11.8. The van der Waals surface area contributed by atoms with E-state index < -0.39 is 122 Å². The van der Waals surface area contributed by atoms with E-state index in [1.165, 1.54) is 19.4 Å². The number of nitrogens with two attached hydrogens (primary N) is 1. The molecule has 278 valence electrons. The van der Waals surface area contributed by atoms with Gasteiger partial charge in [0.05, 0.1) is 18.8 Å². The van der Waals surface area contributed by atoms with E-state index >= 15 is 0 Å². The molecule has 1 aromatic heterocycles. The Morgan fingerprint density at radius 3 is 1.52 bits per heavy atom. The molecule has 0 unspecified atom stereocenters. The first-order valence-corrected chi connectivity index (χ1v) is 15.4. The Hall–Kier alpha value is -5.60. The fraction of sp³-hybridized carbons (Fsp3) is 0.586. The number of nitrogens with one attached hydrogen (secondary N) is 6. The van der Waals surface area contributed by atoms with Crippen LogP contribution in [-0.2, 0) is 49.6 Å². The fourth-order valence-electron chi connectivity index (χ4n) is 4.37. The molecule has 0 radical (unpaired) electrons. The second kappa shape index (κ2) is 20.7. The maximum absolute atomic E-state index is 13.5. The lowest BCUT2D eigenvalue weighted by molar-refractivity contribution is -0.144. The third kappa shape index (κ3) is 16.0. The molecule has 0 aromatic carbocycles. The molecule has 6 atom stereocenters. The zero-order valence-corrected chi connectivity index (χ0v) is 27.6. The number of aliphatic carboxylic acids is 4. The normalized spacial score (nSPS) is 14.5. The van der Waals surface area contributed by atoms with Gasteiger partial charge in [-0.3, -0.25) is 38.4 Å². The number of nitrogens with zero attached hydrogens (tertiary/aromatic N) is 1. The highest BCUT2D eigenvalue weighted by atomic mass is 16.4. The van der Waals surface area contributed by atoms with Crippen LogP contribution >= 0.6 is 0 Å². The third-order valence-corrected chi connectivity index (χ3v) is 6.92. The van der Waals surface area contributed by atoms with Crippen LogP contribution in [-0.4, -0.2) is 120 Å². The van der Waals surface area contributed by atoms with E-state index in [1.807, 2.05) is 0 Å². The largest absolute Gasteiger partial charge is 0.481 e. The van der Waals surface area contributed by atoms with Crippen molar-refractivity contribution in [3.8, 4) is 0 Å². The number of carbonyl (C=O) groups excluding carboxylic acids is 5. The van der Waals surface area contributed by atoms with Gasteiger partial charge < -0.3 is 57.7 Å². The first-order valence-electron chi connectivity index (χ1n) is 15.4. The number of carboxylic acid groups (broad SMARTS) is 4. The molecule has 12 N–H and O–H groups in total. The van der Waals surface area contributed by atoms with Crippen LogP contribution in [0.5, 0.6) is 0 Å². The third-order valence-electron chi connectivity index (χ3n) is 6.92. The highest BCUT2D eigenvalue weighted by molar-refractivity contribution is 5.97. The molecule has 21 nitrogen and oxygen atoms in total. The summed E-state index contributed by atoms with van der Waals surface area (Å²) >= 11 is 0. The molecule has 0 fully saturated rings. The van der Waals surface area contributed by atoms with Crippen LogP contribution in [0.15, 0.2) is 12.5 Å². The summed E-state index contributed by atoms with van der Waals surface area (Å²) in [6.45, 7) is 4.70. The van der Waals surface area contributed by atoms with Crippen LogP contribution in [0.3, 0.4) is 0 Å². The van der Waals surface area contributed by atoms with E-state index in [1.54, 1.807) is 13.8 Å². The van der Waals surface area contributed by atoms with E-state index in [9.17, 15) is 53.4 Å². The number of amides is 5. The van der Waals surface area contributed by atoms with Crippen molar-refractivity contribution in [1.29, 1.82) is 0 Å².